The molecule has 4 aliphatic carbocycles. The Kier molecular flexibility index (Phi) is 22.2. The van der Waals surface area contributed by atoms with Crippen LogP contribution in [-0.4, -0.2) is 172 Å². The fourth-order valence-electron chi connectivity index (χ4n) is 12.7. The van der Waals surface area contributed by atoms with Crippen LogP contribution in [0, 0.1) is 25.7 Å². The molecule has 31 heteroatoms. The van der Waals surface area contributed by atoms with Crippen LogP contribution in [0.2, 0.25) is 5.35 Å². The summed E-state index contributed by atoms with van der Waals surface area (Å²) < 4.78 is 82.6. The number of sulfonamides is 2. The van der Waals surface area contributed by atoms with Crippen LogP contribution in [0.4, 0.5) is 9.59 Å². The molecule has 8 aliphatic rings. The lowest BCUT2D eigenvalue weighted by Crippen LogP contribution is -2.58. The molecule has 2 aromatic carbocycles. The molecule has 2 saturated heterocycles. The second kappa shape index (κ2) is 29.8. The molecule has 0 spiro atoms. The monoisotopic (exact) mass is 1430 g/mol. The predicted molar refractivity (Wildman–Crippen MR) is 362 cm³/mol. The van der Waals surface area contributed by atoms with Gasteiger partial charge in [0.05, 0.1) is 23.1 Å². The highest BCUT2D eigenvalue weighted by molar-refractivity contribution is 7.91. The molecule has 6 fully saturated rings. The first-order valence-electron chi connectivity index (χ1n) is 34.0. The van der Waals surface area contributed by atoms with Crippen molar-refractivity contribution in [3.05, 3.63) is 77.2 Å². The van der Waals surface area contributed by atoms with Gasteiger partial charge in [0.2, 0.25) is 43.7 Å². The Balaban J connectivity index is 0.000000188. The van der Waals surface area contributed by atoms with E-state index < -0.39 is 149 Å². The summed E-state index contributed by atoms with van der Waals surface area (Å²) in [4.78, 5) is 119. The number of nitrogens with zero attached hydrogens (tertiary/aromatic N) is 4. The predicted octanol–water partition coefficient (Wildman–Crippen LogP) is 7.02. The van der Waals surface area contributed by atoms with Crippen molar-refractivity contribution in [2.24, 2.45) is 11.8 Å². The normalized spacial score (nSPS) is 28.4. The number of oxazole rings is 2. The van der Waals surface area contributed by atoms with E-state index >= 15 is 0 Å². The summed E-state index contributed by atoms with van der Waals surface area (Å²) >= 11 is 5.56. The Morgan fingerprint density at radius 1 is 0.616 bits per heavy atom. The van der Waals surface area contributed by atoms with Gasteiger partial charge in [-0.3, -0.25) is 38.2 Å². The minimum atomic E-state index is -3.87. The molecular weight excluding hydrogens is 1340 g/mol. The molecule has 99 heavy (non-hydrogen) atoms. The van der Waals surface area contributed by atoms with E-state index in [0.29, 0.717) is 75.3 Å². The van der Waals surface area contributed by atoms with Crippen LogP contribution >= 0.6 is 11.6 Å². The quantitative estimate of drug-likeness (QED) is 0.0784. The number of rotatable bonds is 10. The first-order chi connectivity index (χ1) is 46.6. The fourth-order valence-corrected chi connectivity index (χ4v) is 15.6. The molecule has 540 valence electrons. The highest BCUT2D eigenvalue weighted by atomic mass is 35.5. The van der Waals surface area contributed by atoms with E-state index in [-0.39, 0.29) is 50.2 Å². The zero-order valence-corrected chi connectivity index (χ0v) is 59.4. The number of aliphatic hydroxyl groups is 1. The first kappa shape index (κ1) is 73.9. The summed E-state index contributed by atoms with van der Waals surface area (Å²) in [6.45, 7) is 14.1. The van der Waals surface area contributed by atoms with Gasteiger partial charge in [0.25, 0.3) is 17.2 Å². The number of carbonyl (C=O) groups is 8. The van der Waals surface area contributed by atoms with Gasteiger partial charge in [0, 0.05) is 31.2 Å². The minimum absolute atomic E-state index is 0.0156. The van der Waals surface area contributed by atoms with Gasteiger partial charge in [-0.15, -0.1) is 0 Å². The number of aryl methyl sites for hydroxylation is 2. The molecule has 0 unspecified atom stereocenters. The molecular formula is C68H91ClN10O18S2. The van der Waals surface area contributed by atoms with Crippen LogP contribution in [0.3, 0.4) is 0 Å². The minimum Gasteiger partial charge on any atom is -0.445 e. The van der Waals surface area contributed by atoms with E-state index in [1.54, 1.807) is 47.6 Å². The van der Waals surface area contributed by atoms with Crippen molar-refractivity contribution in [1.82, 2.24) is 50.5 Å². The molecule has 8 amide bonds. The molecule has 2 aromatic heterocycles. The molecule has 28 nitrogen and oxygen atoms in total. The molecule has 4 saturated carbocycles. The van der Waals surface area contributed by atoms with Gasteiger partial charge in [-0.2, -0.15) is 9.97 Å². The van der Waals surface area contributed by atoms with E-state index in [4.69, 9.17) is 34.6 Å². The third kappa shape index (κ3) is 19.0. The second-order valence-corrected chi connectivity index (χ2v) is 33.4. The Morgan fingerprint density at radius 3 is 1.53 bits per heavy atom. The van der Waals surface area contributed by atoms with Crippen molar-refractivity contribution in [3.8, 4) is 6.08 Å². The average Bonchev–Trinajstić information content (AvgIpc) is 1.58. The summed E-state index contributed by atoms with van der Waals surface area (Å²) in [5.74, 6) is -4.69. The number of aliphatic hydroxyl groups excluding tert-OH is 1. The molecule has 7 N–H and O–H groups in total. The number of hydrogen-bond acceptors (Lipinski definition) is 20. The maximum absolute atomic E-state index is 14.3. The van der Waals surface area contributed by atoms with Crippen molar-refractivity contribution >= 4 is 101 Å². The maximum Gasteiger partial charge on any atom is 0.408 e. The van der Waals surface area contributed by atoms with Crippen LogP contribution in [0.25, 0.3) is 22.2 Å². The largest absolute Gasteiger partial charge is 0.445 e. The summed E-state index contributed by atoms with van der Waals surface area (Å²) in [5.41, 5.74) is 0.279. The molecule has 4 aliphatic heterocycles. The lowest BCUT2D eigenvalue weighted by atomic mass is 10.0. The number of aromatic nitrogens is 2. The van der Waals surface area contributed by atoms with Gasteiger partial charge in [-0.1, -0.05) is 62.1 Å². The van der Waals surface area contributed by atoms with Crippen molar-refractivity contribution in [3.63, 3.8) is 0 Å². The van der Waals surface area contributed by atoms with Gasteiger partial charge >= 0.3 is 18.3 Å². The number of ether oxygens (including phenoxy) is 3. The number of benzene rings is 2. The van der Waals surface area contributed by atoms with Gasteiger partial charge in [0.15, 0.2) is 11.2 Å². The van der Waals surface area contributed by atoms with Gasteiger partial charge in [-0.05, 0) is 179 Å². The zero-order valence-electron chi connectivity index (χ0n) is 57.1. The first-order valence-corrected chi connectivity index (χ1v) is 37.5. The highest BCUT2D eigenvalue weighted by Gasteiger charge is 2.64. The number of alkyl carbamates (subject to hydrolysis) is 2. The van der Waals surface area contributed by atoms with E-state index in [0.717, 1.165) is 47.9 Å². The van der Waals surface area contributed by atoms with Crippen LogP contribution in [0.1, 0.15) is 168 Å². The number of carbonyl (C=O) groups excluding carboxylic acids is 8. The van der Waals surface area contributed by atoms with Crippen molar-refractivity contribution < 1.29 is 83.3 Å². The Labute approximate surface area is 580 Å². The lowest BCUT2D eigenvalue weighted by Gasteiger charge is -2.30. The fraction of sp³-hybridized carbons (Fsp3) is 0.618. The zero-order chi connectivity index (χ0) is 71.6. The van der Waals surface area contributed by atoms with Gasteiger partial charge in [-0.25, -0.2) is 26.4 Å². The summed E-state index contributed by atoms with van der Waals surface area (Å²) in [6, 6.07) is 7.15. The van der Waals surface area contributed by atoms with E-state index in [9.17, 15) is 60.3 Å². The molecule has 10 atom stereocenters. The maximum atomic E-state index is 14.3. The molecule has 0 bridgehead atoms. The molecule has 6 heterocycles. The Morgan fingerprint density at radius 2 is 1.06 bits per heavy atom. The summed E-state index contributed by atoms with van der Waals surface area (Å²) in [7, 11) is -7.70. The van der Waals surface area contributed by atoms with Crippen LogP contribution in [-0.2, 0) is 58.3 Å². The Bertz CT molecular complexity index is 4030. The number of halogens is 1. The smallest absolute Gasteiger partial charge is 0.408 e. The molecule has 12 rings (SSSR count). The Hall–Kier alpha value is -7.83. The average molecular weight is 1440 g/mol. The van der Waals surface area contributed by atoms with Gasteiger partial charge in [0.1, 0.15) is 63.6 Å². The topological polar surface area (TPSA) is 383 Å². The van der Waals surface area contributed by atoms with Crippen LogP contribution in [0.15, 0.2) is 69.5 Å². The third-order valence-electron chi connectivity index (χ3n) is 18.4. The number of amides is 8. The number of fused-ring (bicyclic) bond motifs is 6. The highest BCUT2D eigenvalue weighted by Crippen LogP contribution is 2.48. The molecule has 4 aromatic rings. The second-order valence-electron chi connectivity index (χ2n) is 29.2. The molecule has 0 radical (unpaired) electrons. The van der Waals surface area contributed by atoms with Crippen molar-refractivity contribution in [2.75, 3.05) is 13.1 Å². The van der Waals surface area contributed by atoms with Crippen LogP contribution in [0.5, 0.6) is 6.08 Å². The number of hydrogen-bond donors (Lipinski definition) is 7. The van der Waals surface area contributed by atoms with Crippen molar-refractivity contribution in [1.29, 1.82) is 0 Å². The summed E-state index contributed by atoms with van der Waals surface area (Å²) in [5, 5.41) is 20.3. The van der Waals surface area contributed by atoms with E-state index in [1.807, 2.05) is 68.5 Å². The SMILES string of the molecule is CC(C)(C)OC(=O)N[C@H]1CCCCC/C=C\[C@@H]2C[C@@]2(C(=O)NS(=O)(=O)C2CC2)NC(=O)[C@@H]2C[C@@H](O)CN2C1=O.Cc1ccc2nc(Cl)oc2c1.Cc1ccc2nc(O[C@@H]3C[C@H]4C(=O)N[C@]5(C(=O)NS(=O)(=O)C6CC6)C[C@H]5/C=C\CCCCC[C@H](NC(=O)OC(C)(C)C)C(=O)N4C3)oc2c1. The third-order valence-corrected chi connectivity index (χ3v) is 22.2. The van der Waals surface area contributed by atoms with E-state index in [1.165, 1.54) is 9.80 Å². The van der Waals surface area contributed by atoms with Crippen LogP contribution < -0.4 is 35.4 Å². The van der Waals surface area contributed by atoms with E-state index in [2.05, 4.69) is 40.7 Å². The summed E-state index contributed by atoms with van der Waals surface area (Å²) in [6.07, 6.45) is 13.2. The van der Waals surface area contributed by atoms with Gasteiger partial charge < -0.3 is 59.2 Å². The number of allylic oxidation sites excluding steroid dienone is 2. The van der Waals surface area contributed by atoms with Crippen molar-refractivity contribution in [2.45, 2.75) is 240 Å². The lowest BCUT2D eigenvalue weighted by molar-refractivity contribution is -0.141. The number of nitrogens with one attached hydrogen (secondary N) is 6. The standard InChI is InChI=1S/C34H45N5O9S.C26H40N4O8S.C8H6ClNO/c1-20-12-15-24-27(16-20)47-32(36-24)46-22-17-26-28(40)37-34(30(42)38-49(44,45)23-13-14-23)18-21(34)10-8-6-5-7-9-11-25(29(41)39(26)19-22)35-31(43)48-33(2,3)4;1-25(2,3)38-24(35)27-19-10-8-6-4-5-7-9-16-14-26(16,23(34)29-39(36,37)18-11-12-18)28-21(32)20-13-17(31)15-30(20)22(19)33;1-5-2-3-6-7(4-5)11-8(9)10-6/h8,10,12,15-16,21-23,25-26H,5-7,9,11,13-14,17-19H2,1-4H3,(H,35,43)(H,37,40)(H,38,42);7,9,16-20,31H,4-6,8,10-15H2,1-3H3,(H,27,35)(H,28,32)(H,29,34);2-4H,1H3/b10-8-;9-7-;/t21-,22-,25+,26+,34-;16-,17-,19+,20+,26-;/m11./s1.